The van der Waals surface area contributed by atoms with Gasteiger partial charge in [-0.3, -0.25) is 0 Å². The summed E-state index contributed by atoms with van der Waals surface area (Å²) in [4.78, 5) is 7.25. The lowest BCUT2D eigenvalue weighted by Crippen LogP contribution is -2.19. The Kier molecular flexibility index (Phi) is 4.92. The molecule has 0 atom stereocenters. The Hall–Kier alpha value is -2.52. The summed E-state index contributed by atoms with van der Waals surface area (Å²) >= 11 is 0. The molecule has 0 saturated heterocycles. The van der Waals surface area contributed by atoms with E-state index in [1.165, 1.54) is 0 Å². The highest BCUT2D eigenvalue weighted by molar-refractivity contribution is 5.59. The molecule has 1 heterocycles. The predicted molar refractivity (Wildman–Crippen MR) is 82.5 cm³/mol. The van der Waals surface area contributed by atoms with Crippen molar-refractivity contribution in [3.63, 3.8) is 0 Å². The second-order valence-electron chi connectivity index (χ2n) is 5.93. The Morgan fingerprint density at radius 2 is 1.62 bits per heavy atom. The van der Waals surface area contributed by atoms with Gasteiger partial charge in [-0.2, -0.15) is 18.2 Å². The first-order valence-electron chi connectivity index (χ1n) is 7.87. The fraction of sp³-hybridized carbons (Fsp3) is 0.375. The fourth-order valence-electron chi connectivity index (χ4n) is 2.74. The minimum atomic E-state index is -4.79. The smallest absolute Gasteiger partial charge is 0.351 e. The summed E-state index contributed by atoms with van der Waals surface area (Å²) in [5.74, 6) is -4.88. The van der Waals surface area contributed by atoms with Crippen LogP contribution in [0.1, 0.15) is 31.4 Å². The van der Waals surface area contributed by atoms with E-state index < -0.39 is 40.8 Å². The number of anilines is 3. The molecule has 0 amide bonds. The van der Waals surface area contributed by atoms with Gasteiger partial charge in [-0.05, 0) is 25.0 Å². The first-order valence-corrected chi connectivity index (χ1v) is 7.87. The molecule has 140 valence electrons. The van der Waals surface area contributed by atoms with Crippen LogP contribution in [0.15, 0.2) is 18.2 Å². The van der Waals surface area contributed by atoms with E-state index in [0.29, 0.717) is 18.2 Å². The van der Waals surface area contributed by atoms with E-state index in [0.717, 1.165) is 25.7 Å². The molecule has 1 saturated carbocycles. The van der Waals surface area contributed by atoms with Crippen LogP contribution in [0.4, 0.5) is 43.8 Å². The molecule has 26 heavy (non-hydrogen) atoms. The fourth-order valence-corrected chi connectivity index (χ4v) is 2.74. The van der Waals surface area contributed by atoms with Crippen LogP contribution in [-0.2, 0) is 6.18 Å². The third kappa shape index (κ3) is 4.00. The molecule has 1 fully saturated rings. The van der Waals surface area contributed by atoms with Crippen molar-refractivity contribution in [2.24, 2.45) is 0 Å². The van der Waals surface area contributed by atoms with Gasteiger partial charge in [-0.1, -0.05) is 12.8 Å². The van der Waals surface area contributed by atoms with Crippen molar-refractivity contribution < 1.29 is 26.3 Å². The van der Waals surface area contributed by atoms with Gasteiger partial charge in [0.05, 0.1) is 0 Å². The van der Waals surface area contributed by atoms with Gasteiger partial charge in [0, 0.05) is 12.1 Å². The molecule has 10 heteroatoms. The van der Waals surface area contributed by atoms with Crippen molar-refractivity contribution in [2.45, 2.75) is 37.9 Å². The summed E-state index contributed by atoms with van der Waals surface area (Å²) in [6.45, 7) is 0. The number of halogens is 6. The van der Waals surface area contributed by atoms with E-state index in [-0.39, 0.29) is 12.0 Å². The number of nitrogens with zero attached hydrogens (tertiary/aromatic N) is 2. The quantitative estimate of drug-likeness (QED) is 0.582. The Bertz CT molecular complexity index is 802. The molecule has 3 rings (SSSR count). The maximum atomic E-state index is 13.8. The van der Waals surface area contributed by atoms with Crippen molar-refractivity contribution in [3.8, 4) is 0 Å². The number of rotatable bonds is 4. The van der Waals surface area contributed by atoms with Gasteiger partial charge in [-0.25, -0.2) is 18.2 Å². The Labute approximate surface area is 144 Å². The molecule has 0 spiro atoms. The molecular formula is C16H14F6N4. The van der Waals surface area contributed by atoms with E-state index in [2.05, 4.69) is 20.6 Å². The minimum absolute atomic E-state index is 0.0750. The van der Waals surface area contributed by atoms with E-state index in [1.54, 1.807) is 0 Å². The first kappa shape index (κ1) is 18.3. The number of nitrogens with one attached hydrogen (secondary N) is 2. The Balaban J connectivity index is 1.96. The van der Waals surface area contributed by atoms with Crippen molar-refractivity contribution >= 4 is 17.5 Å². The number of hydrogen-bond acceptors (Lipinski definition) is 4. The summed E-state index contributed by atoms with van der Waals surface area (Å²) in [5, 5.41) is 4.87. The highest BCUT2D eigenvalue weighted by atomic mass is 19.4. The molecule has 2 aromatic rings. The lowest BCUT2D eigenvalue weighted by atomic mass is 10.2. The van der Waals surface area contributed by atoms with Gasteiger partial charge in [0.1, 0.15) is 17.3 Å². The molecule has 4 nitrogen and oxygen atoms in total. The molecule has 0 radical (unpaired) electrons. The zero-order valence-electron chi connectivity index (χ0n) is 13.3. The summed E-state index contributed by atoms with van der Waals surface area (Å²) in [5.41, 5.74) is -2.21. The number of alkyl halides is 3. The number of benzene rings is 1. The molecule has 1 aromatic carbocycles. The van der Waals surface area contributed by atoms with Crippen molar-refractivity contribution in [1.82, 2.24) is 9.97 Å². The lowest BCUT2D eigenvalue weighted by molar-refractivity contribution is -0.141. The highest BCUT2D eigenvalue weighted by Crippen LogP contribution is 2.32. The van der Waals surface area contributed by atoms with Crippen LogP contribution in [0, 0.1) is 17.5 Å². The van der Waals surface area contributed by atoms with Gasteiger partial charge >= 0.3 is 6.18 Å². The number of aromatic nitrogens is 2. The molecule has 0 bridgehead atoms. The molecule has 0 unspecified atom stereocenters. The van der Waals surface area contributed by atoms with Crippen molar-refractivity contribution in [1.29, 1.82) is 0 Å². The highest BCUT2D eigenvalue weighted by Gasteiger charge is 2.34. The Morgan fingerprint density at radius 1 is 0.962 bits per heavy atom. The largest absolute Gasteiger partial charge is 0.433 e. The maximum absolute atomic E-state index is 13.8. The van der Waals surface area contributed by atoms with E-state index in [4.69, 9.17) is 0 Å². The van der Waals surface area contributed by atoms with Gasteiger partial charge in [0.15, 0.2) is 17.3 Å². The molecule has 1 aromatic heterocycles. The predicted octanol–water partition coefficient (Wildman–Crippen LogP) is 5.01. The van der Waals surface area contributed by atoms with Crippen LogP contribution in [-0.4, -0.2) is 16.0 Å². The van der Waals surface area contributed by atoms with E-state index in [1.807, 2.05) is 0 Å². The third-order valence-electron chi connectivity index (χ3n) is 4.00. The third-order valence-corrected chi connectivity index (χ3v) is 4.00. The first-order chi connectivity index (χ1) is 12.2. The number of hydrogen-bond donors (Lipinski definition) is 2. The summed E-state index contributed by atoms with van der Waals surface area (Å²) < 4.78 is 80.0. The summed E-state index contributed by atoms with van der Waals surface area (Å²) in [6.07, 6.45) is -1.40. The maximum Gasteiger partial charge on any atom is 0.433 e. The van der Waals surface area contributed by atoms with E-state index >= 15 is 0 Å². The molecule has 1 aliphatic carbocycles. The molecule has 1 aliphatic rings. The second-order valence-corrected chi connectivity index (χ2v) is 5.93. The van der Waals surface area contributed by atoms with Gasteiger partial charge < -0.3 is 10.6 Å². The standard InChI is InChI=1S/C16H14F6N4/c17-9-5-6-10(18)14(13(9)19)25-12-7-11(16(20,21)22)24-15(26-12)23-8-3-1-2-4-8/h5-8H,1-4H2,(H2,23,24,25,26). The lowest BCUT2D eigenvalue weighted by Gasteiger charge is -2.16. The average Bonchev–Trinajstić information content (AvgIpc) is 3.07. The van der Waals surface area contributed by atoms with Gasteiger partial charge in [0.2, 0.25) is 5.95 Å². The van der Waals surface area contributed by atoms with Crippen molar-refractivity contribution in [3.05, 3.63) is 41.3 Å². The van der Waals surface area contributed by atoms with Crippen LogP contribution < -0.4 is 10.6 Å². The van der Waals surface area contributed by atoms with Gasteiger partial charge in [0.25, 0.3) is 0 Å². The molecule has 0 aliphatic heterocycles. The summed E-state index contributed by atoms with van der Waals surface area (Å²) in [7, 11) is 0. The van der Waals surface area contributed by atoms with Crippen LogP contribution in [0.25, 0.3) is 0 Å². The molecule has 2 N–H and O–H groups in total. The molecular weight excluding hydrogens is 362 g/mol. The second kappa shape index (κ2) is 7.00. The zero-order chi connectivity index (χ0) is 18.9. The monoisotopic (exact) mass is 376 g/mol. The Morgan fingerprint density at radius 3 is 2.27 bits per heavy atom. The minimum Gasteiger partial charge on any atom is -0.351 e. The van der Waals surface area contributed by atoms with Crippen LogP contribution in [0.2, 0.25) is 0 Å². The van der Waals surface area contributed by atoms with Crippen molar-refractivity contribution in [2.75, 3.05) is 10.6 Å². The van der Waals surface area contributed by atoms with Crippen LogP contribution >= 0.6 is 0 Å². The van der Waals surface area contributed by atoms with Crippen LogP contribution in [0.5, 0.6) is 0 Å². The SMILES string of the molecule is Fc1ccc(F)c(Nc2cc(C(F)(F)F)nc(NC3CCCC3)n2)c1F. The normalized spacial score (nSPS) is 15.3. The zero-order valence-corrected chi connectivity index (χ0v) is 13.3. The van der Waals surface area contributed by atoms with Crippen LogP contribution in [0.3, 0.4) is 0 Å². The van der Waals surface area contributed by atoms with E-state index in [9.17, 15) is 26.3 Å². The topological polar surface area (TPSA) is 49.8 Å². The summed E-state index contributed by atoms with van der Waals surface area (Å²) in [6, 6.07) is 1.66. The van der Waals surface area contributed by atoms with Gasteiger partial charge in [-0.15, -0.1) is 0 Å². The average molecular weight is 376 g/mol.